The third-order valence-corrected chi connectivity index (χ3v) is 1.30. The average molecular weight is 208 g/mol. The van der Waals surface area contributed by atoms with Crippen LogP contribution in [-0.4, -0.2) is 40.3 Å². The second kappa shape index (κ2) is 6.42. The molecule has 2 N–H and O–H groups in total. The number of halogens is 1. The van der Waals surface area contributed by atoms with Crippen LogP contribution < -0.4 is 0 Å². The molecular formula is C7H10ClNO4. The molecule has 0 radical (unpaired) electrons. The topological polar surface area (TPSA) is 87.0 Å². The molecule has 0 fully saturated rings. The van der Waals surface area contributed by atoms with Gasteiger partial charge in [0.1, 0.15) is 0 Å². The molecule has 0 aliphatic carbocycles. The fourth-order valence-corrected chi connectivity index (χ4v) is 0.808. The number of carbonyl (C=O) groups is 2. The quantitative estimate of drug-likeness (QED) is 0.494. The number of carboxylic acid groups (broad SMARTS) is 2. The molecule has 0 atom stereocenters. The van der Waals surface area contributed by atoms with Crippen LogP contribution in [0.15, 0.2) is 4.99 Å². The highest BCUT2D eigenvalue weighted by Gasteiger charge is 2.09. The molecule has 0 unspecified atom stereocenters. The first kappa shape index (κ1) is 11.9. The van der Waals surface area contributed by atoms with Gasteiger partial charge in [-0.25, -0.2) is 0 Å². The van der Waals surface area contributed by atoms with Gasteiger partial charge in [-0.05, 0) is 0 Å². The molecule has 0 aromatic heterocycles. The van der Waals surface area contributed by atoms with Gasteiger partial charge in [0.2, 0.25) is 0 Å². The predicted octanol–water partition coefficient (Wildman–Crippen LogP) is 0.616. The lowest BCUT2D eigenvalue weighted by molar-refractivity contribution is -0.135. The molecule has 0 aromatic carbocycles. The molecule has 6 heteroatoms. The molecule has 74 valence electrons. The van der Waals surface area contributed by atoms with Crippen LogP contribution in [-0.2, 0) is 9.59 Å². The summed E-state index contributed by atoms with van der Waals surface area (Å²) in [6, 6.07) is 0. The zero-order valence-corrected chi connectivity index (χ0v) is 7.62. The van der Waals surface area contributed by atoms with Gasteiger partial charge >= 0.3 is 11.9 Å². The van der Waals surface area contributed by atoms with Gasteiger partial charge in [-0.15, -0.1) is 11.6 Å². The number of aliphatic carboxylic acids is 2. The van der Waals surface area contributed by atoms with Crippen molar-refractivity contribution in [1.29, 1.82) is 0 Å². The number of hydrogen-bond acceptors (Lipinski definition) is 3. The Morgan fingerprint density at radius 3 is 1.92 bits per heavy atom. The molecule has 0 spiro atoms. The molecule has 0 amide bonds. The molecule has 13 heavy (non-hydrogen) atoms. The van der Waals surface area contributed by atoms with Crippen molar-refractivity contribution < 1.29 is 19.8 Å². The van der Waals surface area contributed by atoms with Crippen LogP contribution in [0.3, 0.4) is 0 Å². The van der Waals surface area contributed by atoms with Crippen molar-refractivity contribution in [3.05, 3.63) is 0 Å². The van der Waals surface area contributed by atoms with E-state index >= 15 is 0 Å². The zero-order chi connectivity index (χ0) is 10.3. The molecule has 0 saturated heterocycles. The minimum Gasteiger partial charge on any atom is -0.481 e. The predicted molar refractivity (Wildman–Crippen MR) is 47.5 cm³/mol. The van der Waals surface area contributed by atoms with Crippen molar-refractivity contribution >= 4 is 29.3 Å². The van der Waals surface area contributed by atoms with Crippen molar-refractivity contribution in [3.8, 4) is 0 Å². The summed E-state index contributed by atoms with van der Waals surface area (Å²) in [7, 11) is 0. The summed E-state index contributed by atoms with van der Waals surface area (Å²) >= 11 is 5.32. The SMILES string of the molecule is O=C(O)CC(CC(=O)O)=NCCCl. The summed E-state index contributed by atoms with van der Waals surface area (Å²) in [4.78, 5) is 24.2. The third-order valence-electron chi connectivity index (χ3n) is 1.13. The number of hydrogen-bond donors (Lipinski definition) is 2. The summed E-state index contributed by atoms with van der Waals surface area (Å²) in [6.07, 6.45) is -0.688. The van der Waals surface area contributed by atoms with E-state index in [1.807, 2.05) is 0 Å². The fraction of sp³-hybridized carbons (Fsp3) is 0.571. The second-order valence-electron chi connectivity index (χ2n) is 2.28. The van der Waals surface area contributed by atoms with E-state index in [0.29, 0.717) is 0 Å². The van der Waals surface area contributed by atoms with E-state index in [1.54, 1.807) is 0 Å². The zero-order valence-electron chi connectivity index (χ0n) is 6.86. The molecule has 0 aliphatic rings. The molecule has 0 bridgehead atoms. The standard InChI is InChI=1S/C7H10ClNO4/c8-1-2-9-5(3-6(10)11)4-7(12)13/h1-4H2,(H,10,11)(H,12,13). The van der Waals surface area contributed by atoms with Crippen molar-refractivity contribution in [1.82, 2.24) is 0 Å². The Hall–Kier alpha value is -1.10. The maximum atomic E-state index is 10.2. The first-order valence-corrected chi connectivity index (χ1v) is 4.11. The molecule has 0 saturated carbocycles. The summed E-state index contributed by atoms with van der Waals surface area (Å²) in [5.41, 5.74) is 0.139. The number of aliphatic imine (C=N–C) groups is 1. The Kier molecular flexibility index (Phi) is 5.88. The lowest BCUT2D eigenvalue weighted by Crippen LogP contribution is -2.12. The Labute approximate surface area is 80.0 Å². The Balaban J connectivity index is 4.17. The highest BCUT2D eigenvalue weighted by molar-refractivity contribution is 6.18. The lowest BCUT2D eigenvalue weighted by atomic mass is 10.2. The van der Waals surface area contributed by atoms with Gasteiger partial charge in [-0.3, -0.25) is 14.6 Å². The molecule has 0 aromatic rings. The highest BCUT2D eigenvalue weighted by atomic mass is 35.5. The summed E-state index contributed by atoms with van der Waals surface area (Å²) in [5, 5.41) is 16.8. The van der Waals surface area contributed by atoms with Crippen LogP contribution in [0.2, 0.25) is 0 Å². The largest absolute Gasteiger partial charge is 0.481 e. The van der Waals surface area contributed by atoms with Crippen LogP contribution in [0.1, 0.15) is 12.8 Å². The molecule has 0 heterocycles. The maximum Gasteiger partial charge on any atom is 0.309 e. The minimum absolute atomic E-state index is 0.139. The van der Waals surface area contributed by atoms with Gasteiger partial charge in [0, 0.05) is 11.6 Å². The molecule has 0 aliphatic heterocycles. The van der Waals surface area contributed by atoms with Crippen LogP contribution >= 0.6 is 11.6 Å². The van der Waals surface area contributed by atoms with E-state index in [9.17, 15) is 9.59 Å². The molecule has 5 nitrogen and oxygen atoms in total. The molecule has 0 rings (SSSR count). The number of carboxylic acids is 2. The summed E-state index contributed by atoms with van der Waals surface area (Å²) in [6.45, 7) is 0.247. The van der Waals surface area contributed by atoms with E-state index in [2.05, 4.69) is 4.99 Å². The first-order valence-electron chi connectivity index (χ1n) is 3.58. The normalized spacial score (nSPS) is 9.31. The lowest BCUT2D eigenvalue weighted by Gasteiger charge is -1.99. The summed E-state index contributed by atoms with van der Waals surface area (Å²) < 4.78 is 0. The summed E-state index contributed by atoms with van der Waals surface area (Å²) in [5.74, 6) is -1.92. The van der Waals surface area contributed by atoms with Gasteiger partial charge in [0.25, 0.3) is 0 Å². The number of rotatable bonds is 6. The van der Waals surface area contributed by atoms with Gasteiger partial charge in [0.05, 0.1) is 19.4 Å². The van der Waals surface area contributed by atoms with E-state index in [4.69, 9.17) is 21.8 Å². The first-order chi connectivity index (χ1) is 6.06. The van der Waals surface area contributed by atoms with E-state index in [0.717, 1.165) is 0 Å². The van der Waals surface area contributed by atoms with Gasteiger partial charge < -0.3 is 10.2 Å². The van der Waals surface area contributed by atoms with Crippen molar-refractivity contribution in [2.75, 3.05) is 12.4 Å². The fourth-order valence-electron chi connectivity index (χ4n) is 0.724. The van der Waals surface area contributed by atoms with Gasteiger partial charge in [-0.1, -0.05) is 0 Å². The third kappa shape index (κ3) is 7.27. The highest BCUT2D eigenvalue weighted by Crippen LogP contribution is 1.95. The van der Waals surface area contributed by atoms with Crippen LogP contribution in [0.25, 0.3) is 0 Å². The smallest absolute Gasteiger partial charge is 0.309 e. The monoisotopic (exact) mass is 207 g/mol. The average Bonchev–Trinajstić information content (AvgIpc) is 1.98. The van der Waals surface area contributed by atoms with Crippen molar-refractivity contribution in [2.24, 2.45) is 4.99 Å². The Bertz CT molecular complexity index is 209. The Morgan fingerprint density at radius 1 is 1.15 bits per heavy atom. The second-order valence-corrected chi connectivity index (χ2v) is 2.66. The van der Waals surface area contributed by atoms with Crippen LogP contribution in [0.4, 0.5) is 0 Å². The molecular weight excluding hydrogens is 198 g/mol. The van der Waals surface area contributed by atoms with E-state index < -0.39 is 11.9 Å². The maximum absolute atomic E-state index is 10.2. The Morgan fingerprint density at radius 2 is 1.62 bits per heavy atom. The number of alkyl halides is 1. The van der Waals surface area contributed by atoms with Crippen LogP contribution in [0.5, 0.6) is 0 Å². The minimum atomic E-state index is -1.09. The van der Waals surface area contributed by atoms with Gasteiger partial charge in [-0.2, -0.15) is 0 Å². The van der Waals surface area contributed by atoms with Gasteiger partial charge in [0.15, 0.2) is 0 Å². The number of nitrogens with zero attached hydrogens (tertiary/aromatic N) is 1. The van der Waals surface area contributed by atoms with Crippen molar-refractivity contribution in [2.45, 2.75) is 12.8 Å². The van der Waals surface area contributed by atoms with E-state index in [1.165, 1.54) is 0 Å². The van der Waals surface area contributed by atoms with Crippen molar-refractivity contribution in [3.63, 3.8) is 0 Å². The van der Waals surface area contributed by atoms with Crippen LogP contribution in [0, 0.1) is 0 Å². The van der Waals surface area contributed by atoms with E-state index in [-0.39, 0.29) is 31.0 Å².